The van der Waals surface area contributed by atoms with Crippen molar-refractivity contribution in [3.05, 3.63) is 35.9 Å². The van der Waals surface area contributed by atoms with Crippen molar-refractivity contribution in [2.24, 2.45) is 11.8 Å². The molecule has 0 bridgehead atoms. The minimum absolute atomic E-state index is 0.0166. The van der Waals surface area contributed by atoms with E-state index in [1.165, 1.54) is 0 Å². The highest BCUT2D eigenvalue weighted by Gasteiger charge is 2.66. The molecule has 0 aromatic heterocycles. The molecule has 5 atom stereocenters. The summed E-state index contributed by atoms with van der Waals surface area (Å²) in [6, 6.07) is 9.27. The van der Waals surface area contributed by atoms with Crippen LogP contribution in [0.1, 0.15) is 25.3 Å². The van der Waals surface area contributed by atoms with Crippen LogP contribution in [0.25, 0.3) is 0 Å². The molecule has 4 rings (SSSR count). The van der Waals surface area contributed by atoms with E-state index in [1.807, 2.05) is 30.3 Å². The van der Waals surface area contributed by atoms with Gasteiger partial charge < -0.3 is 14.7 Å². The second-order valence-electron chi connectivity index (χ2n) is 6.88. The molecule has 122 valence electrons. The highest BCUT2D eigenvalue weighted by atomic mass is 16.6. The number of amides is 1. The number of benzene rings is 1. The molecule has 3 saturated heterocycles. The molecule has 1 amide bonds. The highest BCUT2D eigenvalue weighted by Crippen LogP contribution is 2.48. The topological polar surface area (TPSA) is 66.8 Å². The van der Waals surface area contributed by atoms with E-state index in [0.29, 0.717) is 19.4 Å². The first-order valence-corrected chi connectivity index (χ1v) is 8.30. The molecular weight excluding hydrogens is 294 g/mol. The minimum atomic E-state index is -1.53. The molecular formula is C18H21NO4. The summed E-state index contributed by atoms with van der Waals surface area (Å²) in [6.07, 6.45) is 1.33. The maximum atomic E-state index is 13.0. The monoisotopic (exact) mass is 315 g/mol. The van der Waals surface area contributed by atoms with E-state index in [2.05, 4.69) is 0 Å². The number of fused-ring (bicyclic) bond motifs is 3. The predicted molar refractivity (Wildman–Crippen MR) is 82.4 cm³/mol. The van der Waals surface area contributed by atoms with Gasteiger partial charge in [0.1, 0.15) is 6.10 Å². The van der Waals surface area contributed by atoms with Gasteiger partial charge in [0, 0.05) is 6.54 Å². The molecule has 1 N–H and O–H groups in total. The SMILES string of the molecule is C[C@H]1O[C@]2(O)C(C1=O)[C@@H](Cc1ccccc1)C(=O)N1CCCC12. The van der Waals surface area contributed by atoms with Crippen molar-refractivity contribution >= 4 is 11.7 Å². The first-order valence-electron chi connectivity index (χ1n) is 8.30. The normalized spacial score (nSPS) is 39.5. The van der Waals surface area contributed by atoms with Crippen LogP contribution in [0.2, 0.25) is 0 Å². The number of hydrogen-bond acceptors (Lipinski definition) is 4. The number of ether oxygens (including phenoxy) is 1. The van der Waals surface area contributed by atoms with E-state index in [9.17, 15) is 14.7 Å². The Hall–Kier alpha value is -1.72. The summed E-state index contributed by atoms with van der Waals surface area (Å²) < 4.78 is 5.71. The minimum Gasteiger partial charge on any atom is -0.363 e. The van der Waals surface area contributed by atoms with Gasteiger partial charge in [0.2, 0.25) is 5.91 Å². The lowest BCUT2D eigenvalue weighted by Gasteiger charge is -2.46. The van der Waals surface area contributed by atoms with Crippen LogP contribution in [-0.4, -0.2) is 46.2 Å². The summed E-state index contributed by atoms with van der Waals surface area (Å²) in [4.78, 5) is 27.3. The van der Waals surface area contributed by atoms with E-state index in [4.69, 9.17) is 4.74 Å². The Labute approximate surface area is 135 Å². The Balaban J connectivity index is 1.74. The van der Waals surface area contributed by atoms with Gasteiger partial charge in [0.05, 0.1) is 17.9 Å². The Morgan fingerprint density at radius 3 is 2.78 bits per heavy atom. The average Bonchev–Trinajstić information content (AvgIpc) is 3.11. The third-order valence-corrected chi connectivity index (χ3v) is 5.55. The quantitative estimate of drug-likeness (QED) is 0.889. The fourth-order valence-electron chi connectivity index (χ4n) is 4.53. The van der Waals surface area contributed by atoms with Gasteiger partial charge in [-0.1, -0.05) is 30.3 Å². The number of carbonyl (C=O) groups excluding carboxylic acids is 2. The van der Waals surface area contributed by atoms with Gasteiger partial charge in [-0.3, -0.25) is 9.59 Å². The van der Waals surface area contributed by atoms with E-state index in [0.717, 1.165) is 12.0 Å². The molecule has 5 heteroatoms. The summed E-state index contributed by atoms with van der Waals surface area (Å²) in [6.45, 7) is 2.30. The average molecular weight is 315 g/mol. The van der Waals surface area contributed by atoms with Gasteiger partial charge >= 0.3 is 0 Å². The van der Waals surface area contributed by atoms with E-state index in [-0.39, 0.29) is 17.7 Å². The van der Waals surface area contributed by atoms with Gasteiger partial charge in [-0.2, -0.15) is 0 Å². The largest absolute Gasteiger partial charge is 0.363 e. The number of carbonyl (C=O) groups is 2. The molecule has 1 aromatic carbocycles. The van der Waals surface area contributed by atoms with Crippen LogP contribution in [0.4, 0.5) is 0 Å². The molecule has 5 nitrogen and oxygen atoms in total. The Morgan fingerprint density at radius 2 is 2.04 bits per heavy atom. The fourth-order valence-corrected chi connectivity index (χ4v) is 4.53. The summed E-state index contributed by atoms with van der Waals surface area (Å²) in [5, 5.41) is 11.2. The van der Waals surface area contributed by atoms with Gasteiger partial charge in [-0.25, -0.2) is 0 Å². The van der Waals surface area contributed by atoms with Crippen molar-refractivity contribution in [1.29, 1.82) is 0 Å². The maximum absolute atomic E-state index is 13.0. The molecule has 3 aliphatic rings. The van der Waals surface area contributed by atoms with Crippen molar-refractivity contribution < 1.29 is 19.4 Å². The van der Waals surface area contributed by atoms with Crippen LogP contribution < -0.4 is 0 Å². The number of Topliss-reactive ketones (excluding diaryl/α,β-unsaturated/α-hetero) is 1. The lowest BCUT2D eigenvalue weighted by Crippen LogP contribution is -2.64. The summed E-state index contributed by atoms with van der Waals surface area (Å²) >= 11 is 0. The lowest BCUT2D eigenvalue weighted by molar-refractivity contribution is -0.260. The number of ketones is 1. The van der Waals surface area contributed by atoms with Gasteiger partial charge in [-0.15, -0.1) is 0 Å². The summed E-state index contributed by atoms with van der Waals surface area (Å²) in [7, 11) is 0. The third kappa shape index (κ3) is 2.07. The molecule has 3 aliphatic heterocycles. The van der Waals surface area contributed by atoms with Crippen LogP contribution in [0.3, 0.4) is 0 Å². The molecule has 1 aromatic rings. The molecule has 3 fully saturated rings. The molecule has 0 saturated carbocycles. The molecule has 2 unspecified atom stereocenters. The molecule has 0 spiro atoms. The zero-order chi connectivity index (χ0) is 16.2. The first-order chi connectivity index (χ1) is 11.0. The van der Waals surface area contributed by atoms with Gasteiger partial charge in [-0.05, 0) is 31.7 Å². The molecule has 23 heavy (non-hydrogen) atoms. The lowest BCUT2D eigenvalue weighted by atomic mass is 9.72. The summed E-state index contributed by atoms with van der Waals surface area (Å²) in [5.41, 5.74) is 0.998. The second kappa shape index (κ2) is 5.14. The number of aliphatic hydroxyl groups is 1. The summed E-state index contributed by atoms with van der Waals surface area (Å²) in [5.74, 6) is -3.00. The number of hydrogen-bond donors (Lipinski definition) is 1. The molecule has 0 aliphatic carbocycles. The predicted octanol–water partition coefficient (Wildman–Crippen LogP) is 1.14. The van der Waals surface area contributed by atoms with Gasteiger partial charge in [0.15, 0.2) is 11.6 Å². The van der Waals surface area contributed by atoms with Crippen molar-refractivity contribution in [1.82, 2.24) is 4.90 Å². The van der Waals surface area contributed by atoms with Crippen LogP contribution >= 0.6 is 0 Å². The van der Waals surface area contributed by atoms with Crippen LogP contribution in [0.5, 0.6) is 0 Å². The smallest absolute Gasteiger partial charge is 0.227 e. The Bertz CT molecular complexity index is 646. The molecule has 0 radical (unpaired) electrons. The fraction of sp³-hybridized carbons (Fsp3) is 0.556. The Morgan fingerprint density at radius 1 is 1.30 bits per heavy atom. The van der Waals surface area contributed by atoms with Crippen molar-refractivity contribution in [3.8, 4) is 0 Å². The van der Waals surface area contributed by atoms with Crippen LogP contribution in [0, 0.1) is 11.8 Å². The van der Waals surface area contributed by atoms with Crippen molar-refractivity contribution in [2.75, 3.05) is 6.54 Å². The van der Waals surface area contributed by atoms with E-state index >= 15 is 0 Å². The zero-order valence-electron chi connectivity index (χ0n) is 13.1. The number of nitrogens with zero attached hydrogens (tertiary/aromatic N) is 1. The second-order valence-corrected chi connectivity index (χ2v) is 6.88. The highest BCUT2D eigenvalue weighted by molar-refractivity contribution is 5.95. The third-order valence-electron chi connectivity index (χ3n) is 5.55. The van der Waals surface area contributed by atoms with Crippen molar-refractivity contribution in [3.63, 3.8) is 0 Å². The Kier molecular flexibility index (Phi) is 3.32. The van der Waals surface area contributed by atoms with Crippen molar-refractivity contribution in [2.45, 2.75) is 44.1 Å². The number of piperidine rings is 1. The van der Waals surface area contributed by atoms with Gasteiger partial charge in [0.25, 0.3) is 0 Å². The first kappa shape index (κ1) is 14.8. The van der Waals surface area contributed by atoms with E-state index in [1.54, 1.807) is 11.8 Å². The number of rotatable bonds is 2. The standard InChI is InChI=1S/C18H21NO4/c1-11-16(20)15-13(10-12-6-3-2-4-7-12)17(21)19-9-5-8-14(19)18(15,22)23-11/h2-4,6-7,11,13-15,22H,5,8-10H2,1H3/t11-,13-,14?,15?,18+/m1/s1. The van der Waals surface area contributed by atoms with Crippen LogP contribution in [0.15, 0.2) is 30.3 Å². The molecule has 3 heterocycles. The zero-order valence-corrected chi connectivity index (χ0v) is 13.1. The maximum Gasteiger partial charge on any atom is 0.227 e. The van der Waals surface area contributed by atoms with E-state index < -0.39 is 23.7 Å². The van der Waals surface area contributed by atoms with Crippen LogP contribution in [-0.2, 0) is 20.7 Å².